The average Bonchev–Trinajstić information content (AvgIpc) is 2.75. The summed E-state index contributed by atoms with van der Waals surface area (Å²) in [5.74, 6) is -0.623. The molecule has 1 unspecified atom stereocenters. The molecule has 0 spiro atoms. The first kappa shape index (κ1) is 14.4. The van der Waals surface area contributed by atoms with E-state index in [0.29, 0.717) is 17.0 Å². The zero-order valence-corrected chi connectivity index (χ0v) is 11.1. The van der Waals surface area contributed by atoms with Crippen LogP contribution in [0, 0.1) is 13.8 Å². The molecule has 8 heteroatoms. The van der Waals surface area contributed by atoms with E-state index in [1.807, 2.05) is 0 Å². The Morgan fingerprint density at radius 1 is 1.10 bits per heavy atom. The van der Waals surface area contributed by atoms with E-state index in [9.17, 15) is 13.2 Å². The van der Waals surface area contributed by atoms with E-state index in [0.717, 1.165) is 6.92 Å². The van der Waals surface area contributed by atoms with E-state index in [4.69, 9.17) is 5.73 Å². The summed E-state index contributed by atoms with van der Waals surface area (Å²) in [4.78, 5) is 7.91. The van der Waals surface area contributed by atoms with E-state index in [1.165, 1.54) is 0 Å². The molecule has 0 aliphatic heterocycles. The number of halogens is 3. The van der Waals surface area contributed by atoms with Crippen molar-refractivity contribution in [2.45, 2.75) is 32.5 Å². The summed E-state index contributed by atoms with van der Waals surface area (Å²) >= 11 is 0. The topological polar surface area (TPSA) is 77.8 Å². The van der Waals surface area contributed by atoms with Crippen LogP contribution < -0.4 is 5.73 Å². The molecule has 2 rings (SSSR count). The lowest BCUT2D eigenvalue weighted by Crippen LogP contribution is -2.47. The Balaban J connectivity index is 2.43. The SMILES string of the molecule is Cc1cc(-c2noc(C(C)(N)C(F)(F)F)n2)cc(C)n1. The standard InChI is InChI=1S/C12H13F3N4O/c1-6-4-8(5-7(2)17-6)9-18-10(20-19-9)11(3,16)12(13,14)15/h4-5H,16H2,1-3H3. The molecule has 108 valence electrons. The number of nitrogens with zero attached hydrogens (tertiary/aromatic N) is 3. The zero-order valence-electron chi connectivity index (χ0n) is 11.1. The Bertz CT molecular complexity index is 614. The monoisotopic (exact) mass is 286 g/mol. The van der Waals surface area contributed by atoms with Crippen molar-refractivity contribution in [3.63, 3.8) is 0 Å². The number of rotatable bonds is 2. The van der Waals surface area contributed by atoms with Crippen LogP contribution in [0.25, 0.3) is 11.4 Å². The Labute approximate surface area is 113 Å². The third-order valence-electron chi connectivity index (χ3n) is 2.80. The van der Waals surface area contributed by atoms with E-state index < -0.39 is 17.6 Å². The number of aryl methyl sites for hydroxylation is 2. The predicted molar refractivity (Wildman–Crippen MR) is 64.6 cm³/mol. The molecule has 2 heterocycles. The minimum atomic E-state index is -4.68. The van der Waals surface area contributed by atoms with Crippen molar-refractivity contribution in [1.82, 2.24) is 15.1 Å². The van der Waals surface area contributed by atoms with Crippen molar-refractivity contribution >= 4 is 0 Å². The Morgan fingerprint density at radius 2 is 1.65 bits per heavy atom. The van der Waals surface area contributed by atoms with Crippen LogP contribution >= 0.6 is 0 Å². The molecule has 0 aliphatic carbocycles. The minimum Gasteiger partial charge on any atom is -0.337 e. The van der Waals surface area contributed by atoms with Crippen LogP contribution in [0.4, 0.5) is 13.2 Å². The van der Waals surface area contributed by atoms with Crippen LogP contribution in [-0.4, -0.2) is 21.3 Å². The molecule has 0 saturated carbocycles. The number of nitrogens with two attached hydrogens (primary N) is 1. The van der Waals surface area contributed by atoms with Crippen molar-refractivity contribution in [2.75, 3.05) is 0 Å². The fraction of sp³-hybridized carbons (Fsp3) is 0.417. The summed E-state index contributed by atoms with van der Waals surface area (Å²) in [5, 5.41) is 3.55. The molecule has 0 aromatic carbocycles. The first-order valence-electron chi connectivity index (χ1n) is 5.77. The maximum absolute atomic E-state index is 12.8. The predicted octanol–water partition coefficient (Wildman–Crippen LogP) is 2.48. The van der Waals surface area contributed by atoms with Crippen LogP contribution in [0.1, 0.15) is 24.2 Å². The lowest BCUT2D eigenvalue weighted by atomic mass is 10.0. The van der Waals surface area contributed by atoms with Gasteiger partial charge in [-0.15, -0.1) is 0 Å². The highest BCUT2D eigenvalue weighted by Crippen LogP contribution is 2.36. The lowest BCUT2D eigenvalue weighted by molar-refractivity contribution is -0.190. The molecule has 2 aromatic rings. The van der Waals surface area contributed by atoms with Gasteiger partial charge in [0.05, 0.1) is 0 Å². The van der Waals surface area contributed by atoms with Gasteiger partial charge in [-0.05, 0) is 32.9 Å². The van der Waals surface area contributed by atoms with Crippen LogP contribution in [0.2, 0.25) is 0 Å². The van der Waals surface area contributed by atoms with Crippen LogP contribution in [0.15, 0.2) is 16.7 Å². The first-order chi connectivity index (χ1) is 9.11. The molecular weight excluding hydrogens is 273 g/mol. The number of pyridine rings is 1. The van der Waals surface area contributed by atoms with Crippen LogP contribution in [-0.2, 0) is 5.54 Å². The summed E-state index contributed by atoms with van der Waals surface area (Å²) in [7, 11) is 0. The maximum atomic E-state index is 12.8. The first-order valence-corrected chi connectivity index (χ1v) is 5.77. The second-order valence-electron chi connectivity index (χ2n) is 4.76. The van der Waals surface area contributed by atoms with Crippen molar-refractivity contribution in [3.8, 4) is 11.4 Å². The van der Waals surface area contributed by atoms with E-state index >= 15 is 0 Å². The van der Waals surface area contributed by atoms with E-state index in [2.05, 4.69) is 19.6 Å². The smallest absolute Gasteiger partial charge is 0.337 e. The minimum absolute atomic E-state index is 0.0505. The Hall–Kier alpha value is -1.96. The molecule has 0 radical (unpaired) electrons. The largest absolute Gasteiger partial charge is 0.415 e. The van der Waals surface area contributed by atoms with Gasteiger partial charge in [-0.25, -0.2) is 0 Å². The van der Waals surface area contributed by atoms with Gasteiger partial charge < -0.3 is 10.3 Å². The van der Waals surface area contributed by atoms with Crippen molar-refractivity contribution in [2.24, 2.45) is 5.73 Å². The van der Waals surface area contributed by atoms with Gasteiger partial charge >= 0.3 is 6.18 Å². The highest BCUT2D eigenvalue weighted by molar-refractivity contribution is 5.55. The lowest BCUT2D eigenvalue weighted by Gasteiger charge is -2.22. The van der Waals surface area contributed by atoms with Gasteiger partial charge in [0, 0.05) is 17.0 Å². The zero-order chi connectivity index (χ0) is 15.1. The maximum Gasteiger partial charge on any atom is 0.415 e. The van der Waals surface area contributed by atoms with Crippen molar-refractivity contribution < 1.29 is 17.7 Å². The Morgan fingerprint density at radius 3 is 2.15 bits per heavy atom. The van der Waals surface area contributed by atoms with Crippen molar-refractivity contribution in [3.05, 3.63) is 29.4 Å². The molecule has 2 aromatic heterocycles. The Kier molecular flexibility index (Phi) is 3.29. The van der Waals surface area contributed by atoms with Gasteiger partial charge in [-0.1, -0.05) is 5.16 Å². The number of alkyl halides is 3. The third-order valence-corrected chi connectivity index (χ3v) is 2.80. The summed E-state index contributed by atoms with van der Waals surface area (Å²) in [5.41, 5.74) is 4.49. The molecule has 2 N–H and O–H groups in total. The third kappa shape index (κ3) is 2.51. The molecule has 0 bridgehead atoms. The fourth-order valence-electron chi connectivity index (χ4n) is 1.64. The summed E-state index contributed by atoms with van der Waals surface area (Å²) in [6.45, 7) is 4.31. The van der Waals surface area contributed by atoms with Gasteiger partial charge in [0.15, 0.2) is 5.54 Å². The quantitative estimate of drug-likeness (QED) is 0.917. The average molecular weight is 286 g/mol. The van der Waals surface area contributed by atoms with Gasteiger partial charge in [0.2, 0.25) is 5.82 Å². The van der Waals surface area contributed by atoms with Gasteiger partial charge in [-0.2, -0.15) is 18.2 Å². The number of hydrogen-bond donors (Lipinski definition) is 1. The van der Waals surface area contributed by atoms with E-state index in [-0.39, 0.29) is 5.82 Å². The highest BCUT2D eigenvalue weighted by atomic mass is 19.4. The van der Waals surface area contributed by atoms with Gasteiger partial charge in [-0.3, -0.25) is 4.98 Å². The van der Waals surface area contributed by atoms with E-state index in [1.54, 1.807) is 26.0 Å². The van der Waals surface area contributed by atoms with Crippen LogP contribution in [0.3, 0.4) is 0 Å². The second-order valence-corrected chi connectivity index (χ2v) is 4.76. The molecule has 20 heavy (non-hydrogen) atoms. The molecule has 0 fully saturated rings. The molecular formula is C12H13F3N4O. The number of aromatic nitrogens is 3. The van der Waals surface area contributed by atoms with Gasteiger partial charge in [0.25, 0.3) is 5.89 Å². The van der Waals surface area contributed by atoms with Gasteiger partial charge in [0.1, 0.15) is 0 Å². The molecule has 1 atom stereocenters. The highest BCUT2D eigenvalue weighted by Gasteiger charge is 2.53. The summed E-state index contributed by atoms with van der Waals surface area (Å²) < 4.78 is 43.1. The molecule has 0 aliphatic rings. The summed E-state index contributed by atoms with van der Waals surface area (Å²) in [6, 6.07) is 3.31. The van der Waals surface area contributed by atoms with Crippen LogP contribution in [0.5, 0.6) is 0 Å². The summed E-state index contributed by atoms with van der Waals surface area (Å²) in [6.07, 6.45) is -4.68. The molecule has 5 nitrogen and oxygen atoms in total. The van der Waals surface area contributed by atoms with Crippen molar-refractivity contribution in [1.29, 1.82) is 0 Å². The molecule has 0 amide bonds. The molecule has 0 saturated heterocycles. The normalized spacial score (nSPS) is 15.2. The fourth-order valence-corrected chi connectivity index (χ4v) is 1.64. The second kappa shape index (κ2) is 4.55. The number of hydrogen-bond acceptors (Lipinski definition) is 5.